The zero-order valence-corrected chi connectivity index (χ0v) is 19.5. The van der Waals surface area contributed by atoms with Crippen molar-refractivity contribution in [3.8, 4) is 0 Å². The Labute approximate surface area is 185 Å². The number of carbonyl (C=O) groups is 2. The Balaban J connectivity index is 1.85. The molecule has 2 heterocycles. The van der Waals surface area contributed by atoms with Crippen LogP contribution in [0.1, 0.15) is 48.6 Å². The van der Waals surface area contributed by atoms with Crippen LogP contribution >= 0.6 is 22.9 Å². The van der Waals surface area contributed by atoms with Crippen molar-refractivity contribution >= 4 is 45.0 Å². The van der Waals surface area contributed by atoms with Gasteiger partial charge in [0.1, 0.15) is 4.83 Å². The molecule has 160 valence electrons. The van der Waals surface area contributed by atoms with Crippen LogP contribution in [0.2, 0.25) is 5.02 Å². The van der Waals surface area contributed by atoms with Crippen molar-refractivity contribution in [3.05, 3.63) is 51.5 Å². The van der Waals surface area contributed by atoms with Gasteiger partial charge in [-0.3, -0.25) is 14.3 Å². The van der Waals surface area contributed by atoms with Crippen molar-refractivity contribution < 1.29 is 9.59 Å². The van der Waals surface area contributed by atoms with E-state index in [1.54, 1.807) is 4.90 Å². The third-order valence-corrected chi connectivity index (χ3v) is 6.12. The van der Waals surface area contributed by atoms with Gasteiger partial charge in [-0.05, 0) is 52.3 Å². The molecule has 0 aliphatic rings. The molecule has 3 aromatic rings. The fourth-order valence-electron chi connectivity index (χ4n) is 3.23. The van der Waals surface area contributed by atoms with Crippen molar-refractivity contribution in [2.45, 2.75) is 46.7 Å². The number of nitrogens with one attached hydrogen (secondary N) is 1. The van der Waals surface area contributed by atoms with Gasteiger partial charge in [0.05, 0.1) is 23.7 Å². The summed E-state index contributed by atoms with van der Waals surface area (Å²) in [6, 6.07) is 9.54. The van der Waals surface area contributed by atoms with E-state index in [9.17, 15) is 9.59 Å². The van der Waals surface area contributed by atoms with Crippen molar-refractivity contribution in [1.29, 1.82) is 0 Å². The number of hydrogen-bond donors (Lipinski definition) is 1. The number of aryl methyl sites for hydroxylation is 1. The van der Waals surface area contributed by atoms with Gasteiger partial charge in [0, 0.05) is 22.5 Å². The van der Waals surface area contributed by atoms with Crippen molar-refractivity contribution in [3.63, 3.8) is 0 Å². The topological polar surface area (TPSA) is 67.2 Å². The van der Waals surface area contributed by atoms with E-state index >= 15 is 0 Å². The summed E-state index contributed by atoms with van der Waals surface area (Å²) in [5.41, 5.74) is 1.50. The minimum absolute atomic E-state index is 0.0333. The monoisotopic (exact) mass is 446 g/mol. The predicted octanol–water partition coefficient (Wildman–Crippen LogP) is 4.48. The first-order valence-electron chi connectivity index (χ1n) is 9.89. The zero-order valence-electron chi connectivity index (χ0n) is 18.0. The second-order valence-electron chi connectivity index (χ2n) is 8.28. The van der Waals surface area contributed by atoms with Crippen molar-refractivity contribution in [2.75, 3.05) is 13.1 Å². The highest BCUT2D eigenvalue weighted by atomic mass is 35.5. The van der Waals surface area contributed by atoms with E-state index in [4.69, 9.17) is 11.6 Å². The molecule has 0 bridgehead atoms. The number of aromatic nitrogens is 2. The third kappa shape index (κ3) is 5.02. The van der Waals surface area contributed by atoms with E-state index in [1.807, 2.05) is 69.6 Å². The molecular formula is C22H27ClN4O2S. The number of rotatable bonds is 6. The van der Waals surface area contributed by atoms with Gasteiger partial charge in [-0.2, -0.15) is 5.10 Å². The molecule has 0 aliphatic heterocycles. The first-order chi connectivity index (χ1) is 14.1. The normalized spacial score (nSPS) is 11.7. The number of likely N-dealkylation sites (N-methyl/N-ethyl adjacent to an activating group) is 1. The lowest BCUT2D eigenvalue weighted by Crippen LogP contribution is -2.47. The van der Waals surface area contributed by atoms with Gasteiger partial charge in [-0.15, -0.1) is 11.3 Å². The average molecular weight is 447 g/mol. The molecule has 30 heavy (non-hydrogen) atoms. The Hall–Kier alpha value is -2.38. The lowest BCUT2D eigenvalue weighted by Gasteiger charge is -2.24. The number of amides is 2. The first kappa shape index (κ1) is 22.3. The Morgan fingerprint density at radius 2 is 1.97 bits per heavy atom. The van der Waals surface area contributed by atoms with Gasteiger partial charge in [0.15, 0.2) is 0 Å². The number of nitrogens with zero attached hydrogens (tertiary/aromatic N) is 3. The van der Waals surface area contributed by atoms with Gasteiger partial charge in [-0.1, -0.05) is 29.8 Å². The largest absolute Gasteiger partial charge is 0.350 e. The first-order valence-corrected chi connectivity index (χ1v) is 11.1. The fraction of sp³-hybridized carbons (Fsp3) is 0.409. The maximum Gasteiger partial charge on any atom is 0.264 e. The van der Waals surface area contributed by atoms with Crippen molar-refractivity contribution in [1.82, 2.24) is 20.0 Å². The molecule has 0 unspecified atom stereocenters. The summed E-state index contributed by atoms with van der Waals surface area (Å²) in [4.78, 5) is 28.5. The molecule has 6 nitrogen and oxygen atoms in total. The molecule has 1 N–H and O–H groups in total. The number of thiophene rings is 1. The summed E-state index contributed by atoms with van der Waals surface area (Å²) in [7, 11) is 0. The second-order valence-corrected chi connectivity index (χ2v) is 9.72. The van der Waals surface area contributed by atoms with Gasteiger partial charge < -0.3 is 10.2 Å². The van der Waals surface area contributed by atoms with Crippen LogP contribution in [0.15, 0.2) is 30.3 Å². The zero-order chi connectivity index (χ0) is 22.1. The molecule has 2 aromatic heterocycles. The molecule has 3 rings (SSSR count). The second kappa shape index (κ2) is 8.78. The maximum absolute atomic E-state index is 13.1. The van der Waals surface area contributed by atoms with E-state index < -0.39 is 0 Å². The van der Waals surface area contributed by atoms with E-state index in [-0.39, 0.29) is 23.9 Å². The van der Waals surface area contributed by atoms with Crippen LogP contribution in [0.3, 0.4) is 0 Å². The minimum Gasteiger partial charge on any atom is -0.350 e. The summed E-state index contributed by atoms with van der Waals surface area (Å²) in [6.45, 7) is 10.6. The lowest BCUT2D eigenvalue weighted by molar-refractivity contribution is -0.123. The number of halogens is 1. The summed E-state index contributed by atoms with van der Waals surface area (Å²) < 4.78 is 1.88. The van der Waals surface area contributed by atoms with Crippen molar-refractivity contribution in [2.24, 2.45) is 0 Å². The molecule has 8 heteroatoms. The van der Waals surface area contributed by atoms with E-state index in [0.29, 0.717) is 23.0 Å². The molecule has 0 spiro atoms. The SMILES string of the molecule is CCN(CC(=O)NC(C)(C)C)C(=O)c1cc2c(C)nn(Cc3ccccc3Cl)c2s1. The van der Waals surface area contributed by atoms with Crippen LogP contribution in [-0.2, 0) is 11.3 Å². The van der Waals surface area contributed by atoms with E-state index in [0.717, 1.165) is 21.5 Å². The Morgan fingerprint density at radius 3 is 2.60 bits per heavy atom. The summed E-state index contributed by atoms with van der Waals surface area (Å²) in [5.74, 6) is -0.314. The Morgan fingerprint density at radius 1 is 1.27 bits per heavy atom. The standard InChI is InChI=1S/C22H27ClN4O2S/c1-6-26(13-19(28)24-22(3,4)5)20(29)18-11-16-14(2)25-27(21(16)30-18)12-15-9-7-8-10-17(15)23/h7-11H,6,12-13H2,1-5H3,(H,24,28). The average Bonchev–Trinajstić information content (AvgIpc) is 3.21. The number of benzene rings is 1. The Kier molecular flexibility index (Phi) is 6.53. The van der Waals surface area contributed by atoms with Gasteiger partial charge in [0.2, 0.25) is 5.91 Å². The van der Waals surface area contributed by atoms with Crippen LogP contribution < -0.4 is 5.32 Å². The van der Waals surface area contributed by atoms with E-state index in [2.05, 4.69) is 10.4 Å². The van der Waals surface area contributed by atoms with Crippen LogP contribution in [-0.4, -0.2) is 45.1 Å². The summed E-state index contributed by atoms with van der Waals surface area (Å²) >= 11 is 7.70. The molecule has 1 aromatic carbocycles. The predicted molar refractivity (Wildman–Crippen MR) is 122 cm³/mol. The molecule has 0 saturated carbocycles. The van der Waals surface area contributed by atoms with Gasteiger partial charge >= 0.3 is 0 Å². The smallest absolute Gasteiger partial charge is 0.264 e. The van der Waals surface area contributed by atoms with Crippen LogP contribution in [0.5, 0.6) is 0 Å². The Bertz CT molecular complexity index is 1080. The molecule has 0 saturated heterocycles. The quantitative estimate of drug-likeness (QED) is 0.606. The number of fused-ring (bicyclic) bond motifs is 1. The van der Waals surface area contributed by atoms with Crippen LogP contribution in [0.25, 0.3) is 10.2 Å². The number of carbonyl (C=O) groups excluding carboxylic acids is 2. The third-order valence-electron chi connectivity index (χ3n) is 4.61. The van der Waals surface area contributed by atoms with Crippen LogP contribution in [0, 0.1) is 6.92 Å². The molecule has 0 fully saturated rings. The number of hydrogen-bond acceptors (Lipinski definition) is 4. The molecule has 0 atom stereocenters. The fourth-order valence-corrected chi connectivity index (χ4v) is 4.55. The summed E-state index contributed by atoms with van der Waals surface area (Å²) in [6.07, 6.45) is 0. The molecule has 2 amide bonds. The molecule has 0 radical (unpaired) electrons. The summed E-state index contributed by atoms with van der Waals surface area (Å²) in [5, 5.41) is 9.16. The highest BCUT2D eigenvalue weighted by molar-refractivity contribution is 7.20. The molecule has 0 aliphatic carbocycles. The van der Waals surface area contributed by atoms with E-state index in [1.165, 1.54) is 11.3 Å². The van der Waals surface area contributed by atoms with Gasteiger partial charge in [-0.25, -0.2) is 0 Å². The highest BCUT2D eigenvalue weighted by Crippen LogP contribution is 2.30. The highest BCUT2D eigenvalue weighted by Gasteiger charge is 2.23. The van der Waals surface area contributed by atoms with Crippen LogP contribution in [0.4, 0.5) is 0 Å². The van der Waals surface area contributed by atoms with Gasteiger partial charge in [0.25, 0.3) is 5.91 Å². The molecular weight excluding hydrogens is 420 g/mol. The maximum atomic E-state index is 13.1. The lowest BCUT2D eigenvalue weighted by atomic mass is 10.1. The minimum atomic E-state index is -0.337.